The van der Waals surface area contributed by atoms with E-state index in [9.17, 15) is 13.2 Å². The molecule has 3 rings (SSSR count). The van der Waals surface area contributed by atoms with Gasteiger partial charge in [0, 0.05) is 17.1 Å². The molecule has 0 heterocycles. The van der Waals surface area contributed by atoms with Crippen LogP contribution < -0.4 is 4.72 Å². The molecule has 0 aromatic heterocycles. The Bertz CT molecular complexity index is 1080. The first-order valence-corrected chi connectivity index (χ1v) is 13.1. The first kappa shape index (κ1) is 23.1. The molecule has 31 heavy (non-hydrogen) atoms. The topological polar surface area (TPSA) is 63.2 Å². The number of carbonyl (C=O) groups excluding carboxylic acids is 1. The lowest BCUT2D eigenvalue weighted by molar-refractivity contribution is 0.0981. The smallest absolute Gasteiger partial charge is 0.264 e. The number of sulfonamides is 1. The Labute approximate surface area is 189 Å². The summed E-state index contributed by atoms with van der Waals surface area (Å²) in [5.41, 5.74) is 5.13. The van der Waals surface area contributed by atoms with E-state index in [0.717, 1.165) is 23.5 Å². The highest BCUT2D eigenvalue weighted by Crippen LogP contribution is 2.22. The van der Waals surface area contributed by atoms with Crippen molar-refractivity contribution in [3.8, 4) is 11.1 Å². The minimum Gasteiger partial charge on any atom is -0.268 e. The van der Waals surface area contributed by atoms with Gasteiger partial charge in [-0.15, -0.1) is 0 Å². The fourth-order valence-electron chi connectivity index (χ4n) is 3.05. The van der Waals surface area contributed by atoms with Crippen LogP contribution in [0.15, 0.2) is 78.9 Å². The number of hydrogen-bond acceptors (Lipinski definition) is 4. The Hall–Kier alpha value is -2.57. The Kier molecular flexibility index (Phi) is 8.32. The fraction of sp³-hybridized carbons (Fsp3) is 0.240. The van der Waals surface area contributed by atoms with Gasteiger partial charge in [-0.05, 0) is 40.8 Å². The molecule has 1 N–H and O–H groups in total. The Morgan fingerprint density at radius 3 is 1.94 bits per heavy atom. The average molecular weight is 454 g/mol. The van der Waals surface area contributed by atoms with Gasteiger partial charge in [-0.25, -0.2) is 13.1 Å². The van der Waals surface area contributed by atoms with Gasteiger partial charge in [0.15, 0.2) is 0 Å². The summed E-state index contributed by atoms with van der Waals surface area (Å²) in [6.45, 7) is 1.91. The zero-order valence-electron chi connectivity index (χ0n) is 17.6. The van der Waals surface area contributed by atoms with E-state index in [1.807, 2.05) is 37.3 Å². The number of nitrogens with one attached hydrogen (secondary N) is 1. The molecule has 0 unspecified atom stereocenters. The van der Waals surface area contributed by atoms with Gasteiger partial charge in [-0.1, -0.05) is 80.1 Å². The van der Waals surface area contributed by atoms with Crippen molar-refractivity contribution in [1.82, 2.24) is 4.72 Å². The van der Waals surface area contributed by atoms with Crippen LogP contribution in [-0.2, 0) is 21.5 Å². The summed E-state index contributed by atoms with van der Waals surface area (Å²) in [5.74, 6) is 1.11. The molecule has 162 valence electrons. The first-order valence-electron chi connectivity index (χ1n) is 10.3. The van der Waals surface area contributed by atoms with Crippen molar-refractivity contribution >= 4 is 27.7 Å². The van der Waals surface area contributed by atoms with Crippen LogP contribution in [0, 0.1) is 0 Å². The Balaban J connectivity index is 1.49. The Morgan fingerprint density at radius 2 is 1.35 bits per heavy atom. The lowest BCUT2D eigenvalue weighted by Gasteiger charge is -2.08. The maximum atomic E-state index is 12.2. The van der Waals surface area contributed by atoms with Crippen LogP contribution in [0.2, 0.25) is 0 Å². The third-order valence-electron chi connectivity index (χ3n) is 4.83. The number of unbranched alkanes of at least 4 members (excludes halogenated alkanes) is 1. The van der Waals surface area contributed by atoms with Crippen LogP contribution in [0.3, 0.4) is 0 Å². The van der Waals surface area contributed by atoms with E-state index in [0.29, 0.717) is 12.0 Å². The van der Waals surface area contributed by atoms with E-state index in [-0.39, 0.29) is 5.75 Å². The predicted octanol–water partition coefficient (Wildman–Crippen LogP) is 5.65. The highest BCUT2D eigenvalue weighted by atomic mass is 32.2. The lowest BCUT2D eigenvalue weighted by Crippen LogP contribution is -2.32. The number of benzene rings is 3. The largest absolute Gasteiger partial charge is 0.268 e. The molecule has 1 amide bonds. The summed E-state index contributed by atoms with van der Waals surface area (Å²) in [6, 6.07) is 26.0. The van der Waals surface area contributed by atoms with Gasteiger partial charge in [0.2, 0.25) is 10.0 Å². The molecule has 0 radical (unpaired) electrons. The number of thioether (sulfide) groups is 1. The van der Waals surface area contributed by atoms with Crippen LogP contribution in [0.5, 0.6) is 0 Å². The Morgan fingerprint density at radius 1 is 0.806 bits per heavy atom. The van der Waals surface area contributed by atoms with Crippen molar-refractivity contribution in [2.24, 2.45) is 0 Å². The molecule has 0 bridgehead atoms. The monoisotopic (exact) mass is 453 g/mol. The number of carbonyl (C=O) groups is 1. The molecule has 0 atom stereocenters. The molecule has 0 fully saturated rings. The van der Waals surface area contributed by atoms with Gasteiger partial charge in [0.25, 0.3) is 5.91 Å². The van der Waals surface area contributed by atoms with Crippen LogP contribution in [0.25, 0.3) is 11.1 Å². The number of amides is 1. The summed E-state index contributed by atoms with van der Waals surface area (Å²) in [4.78, 5) is 12.2. The zero-order chi connectivity index (χ0) is 22.1. The molecule has 0 spiro atoms. The van der Waals surface area contributed by atoms with Crippen LogP contribution in [-0.4, -0.2) is 20.1 Å². The van der Waals surface area contributed by atoms with Crippen LogP contribution in [0.4, 0.5) is 0 Å². The second-order valence-electron chi connectivity index (χ2n) is 7.36. The van der Waals surface area contributed by atoms with E-state index < -0.39 is 15.9 Å². The second-order valence-corrected chi connectivity index (χ2v) is 10.2. The molecule has 6 heteroatoms. The molecule has 0 saturated heterocycles. The second kappa shape index (κ2) is 11.2. The van der Waals surface area contributed by atoms with Crippen molar-refractivity contribution in [2.75, 3.05) is 5.75 Å². The quantitative estimate of drug-likeness (QED) is 0.431. The minimum atomic E-state index is -3.57. The first-order chi connectivity index (χ1) is 15.0. The molecule has 3 aromatic carbocycles. The maximum Gasteiger partial charge on any atom is 0.264 e. The maximum absolute atomic E-state index is 12.2. The van der Waals surface area contributed by atoms with Gasteiger partial charge >= 0.3 is 0 Å². The van der Waals surface area contributed by atoms with E-state index in [2.05, 4.69) is 41.1 Å². The van der Waals surface area contributed by atoms with Crippen molar-refractivity contribution in [2.45, 2.75) is 31.3 Å². The summed E-state index contributed by atoms with van der Waals surface area (Å²) < 4.78 is 25.9. The minimum absolute atomic E-state index is 0.0315. The summed E-state index contributed by atoms with van der Waals surface area (Å²) in [6.07, 6.45) is 1.30. The molecule has 0 aliphatic rings. The summed E-state index contributed by atoms with van der Waals surface area (Å²) in [7, 11) is -3.57. The molecular weight excluding hydrogens is 426 g/mol. The van der Waals surface area contributed by atoms with E-state index in [1.54, 1.807) is 23.9 Å². The van der Waals surface area contributed by atoms with E-state index >= 15 is 0 Å². The standard InChI is InChI=1S/C25H27NO3S2/c1-2-3-17-31(28,29)26-25(27)24-15-11-21(12-16-24)19-30-18-20-9-13-23(14-10-20)22-7-5-4-6-8-22/h4-16H,2-3,17-19H2,1H3,(H,26,27). The number of hydrogen-bond donors (Lipinski definition) is 1. The summed E-state index contributed by atoms with van der Waals surface area (Å²) >= 11 is 1.80. The number of rotatable bonds is 10. The van der Waals surface area contributed by atoms with Crippen molar-refractivity contribution in [3.05, 3.63) is 95.6 Å². The predicted molar refractivity (Wildman–Crippen MR) is 129 cm³/mol. The van der Waals surface area contributed by atoms with Gasteiger partial charge < -0.3 is 0 Å². The molecule has 3 aromatic rings. The molecule has 0 aliphatic carbocycles. The van der Waals surface area contributed by atoms with E-state index in [4.69, 9.17) is 0 Å². The zero-order valence-corrected chi connectivity index (χ0v) is 19.2. The van der Waals surface area contributed by atoms with Crippen LogP contribution >= 0.6 is 11.8 Å². The van der Waals surface area contributed by atoms with Gasteiger partial charge in [-0.3, -0.25) is 4.79 Å². The highest BCUT2D eigenvalue weighted by Gasteiger charge is 2.15. The molecule has 0 saturated carbocycles. The third-order valence-corrected chi connectivity index (χ3v) is 7.23. The van der Waals surface area contributed by atoms with Crippen molar-refractivity contribution < 1.29 is 13.2 Å². The summed E-state index contributed by atoms with van der Waals surface area (Å²) in [5, 5.41) is 0. The average Bonchev–Trinajstić information content (AvgIpc) is 2.79. The van der Waals surface area contributed by atoms with Crippen molar-refractivity contribution in [1.29, 1.82) is 0 Å². The fourth-order valence-corrected chi connectivity index (χ4v) is 5.18. The van der Waals surface area contributed by atoms with E-state index in [1.165, 1.54) is 16.7 Å². The van der Waals surface area contributed by atoms with Crippen molar-refractivity contribution in [3.63, 3.8) is 0 Å². The normalized spacial score (nSPS) is 11.3. The third kappa shape index (κ3) is 7.26. The molecule has 4 nitrogen and oxygen atoms in total. The highest BCUT2D eigenvalue weighted by molar-refractivity contribution is 7.97. The lowest BCUT2D eigenvalue weighted by atomic mass is 10.0. The van der Waals surface area contributed by atoms with Gasteiger partial charge in [0.05, 0.1) is 5.75 Å². The SMILES string of the molecule is CCCCS(=O)(=O)NC(=O)c1ccc(CSCc2ccc(-c3ccccc3)cc2)cc1. The van der Waals surface area contributed by atoms with Gasteiger partial charge in [-0.2, -0.15) is 11.8 Å². The molecule has 0 aliphatic heterocycles. The molecular formula is C25H27NO3S2. The van der Waals surface area contributed by atoms with Gasteiger partial charge in [0.1, 0.15) is 0 Å². The van der Waals surface area contributed by atoms with Crippen LogP contribution in [0.1, 0.15) is 41.3 Å².